The van der Waals surface area contributed by atoms with Crippen LogP contribution in [0.5, 0.6) is 0 Å². The van der Waals surface area contributed by atoms with E-state index < -0.39 is 5.60 Å². The highest BCUT2D eigenvalue weighted by Gasteiger charge is 2.36. The molecule has 1 rings (SSSR count). The van der Waals surface area contributed by atoms with Crippen LogP contribution in [0.4, 0.5) is 0 Å². The quantitative estimate of drug-likeness (QED) is 0.773. The van der Waals surface area contributed by atoms with E-state index in [-0.39, 0.29) is 5.91 Å². The Morgan fingerprint density at radius 3 is 2.24 bits per heavy atom. The lowest BCUT2D eigenvalue weighted by molar-refractivity contribution is -0.123. The van der Waals surface area contributed by atoms with E-state index in [0.29, 0.717) is 18.5 Å². The van der Waals surface area contributed by atoms with Crippen molar-refractivity contribution in [2.45, 2.75) is 45.1 Å². The fourth-order valence-electron chi connectivity index (χ4n) is 2.18. The van der Waals surface area contributed by atoms with Crippen molar-refractivity contribution in [1.82, 2.24) is 10.2 Å². The molecule has 1 saturated carbocycles. The van der Waals surface area contributed by atoms with Crippen LogP contribution in [0.15, 0.2) is 0 Å². The molecule has 1 aliphatic rings. The van der Waals surface area contributed by atoms with Crippen molar-refractivity contribution in [3.8, 4) is 0 Å². The highest BCUT2D eigenvalue weighted by Crippen LogP contribution is 2.39. The predicted molar refractivity (Wildman–Crippen MR) is 68.8 cm³/mol. The van der Waals surface area contributed by atoms with E-state index in [0.717, 1.165) is 25.7 Å². The van der Waals surface area contributed by atoms with Crippen molar-refractivity contribution in [3.05, 3.63) is 0 Å². The minimum absolute atomic E-state index is 0.0201. The average molecular weight is 242 g/mol. The van der Waals surface area contributed by atoms with E-state index in [1.54, 1.807) is 0 Å². The molecule has 0 aromatic heterocycles. The van der Waals surface area contributed by atoms with Crippen molar-refractivity contribution >= 4 is 5.91 Å². The Morgan fingerprint density at radius 2 is 1.76 bits per heavy atom. The van der Waals surface area contributed by atoms with Gasteiger partial charge >= 0.3 is 0 Å². The molecule has 0 radical (unpaired) electrons. The maximum atomic E-state index is 11.5. The fourth-order valence-corrected chi connectivity index (χ4v) is 2.18. The molecule has 0 aliphatic heterocycles. The predicted octanol–water partition coefficient (Wildman–Crippen LogP) is 0.995. The first-order valence-electron chi connectivity index (χ1n) is 6.36. The van der Waals surface area contributed by atoms with E-state index in [2.05, 4.69) is 19.2 Å². The van der Waals surface area contributed by atoms with Crippen LogP contribution in [-0.2, 0) is 4.79 Å². The summed E-state index contributed by atoms with van der Waals surface area (Å²) in [5.41, 5.74) is -0.364. The number of nitrogens with zero attached hydrogens (tertiary/aromatic N) is 1. The highest BCUT2D eigenvalue weighted by molar-refractivity contribution is 5.78. The number of rotatable bonds is 4. The van der Waals surface area contributed by atoms with Gasteiger partial charge in [-0.05, 0) is 45.2 Å². The summed E-state index contributed by atoms with van der Waals surface area (Å²) in [6, 6.07) is 0. The average Bonchev–Trinajstić information content (AvgIpc) is 2.20. The maximum absolute atomic E-state index is 11.5. The molecule has 1 amide bonds. The third-order valence-electron chi connectivity index (χ3n) is 3.61. The van der Waals surface area contributed by atoms with Gasteiger partial charge in [-0.2, -0.15) is 0 Å². The van der Waals surface area contributed by atoms with E-state index in [1.165, 1.54) is 0 Å². The van der Waals surface area contributed by atoms with Crippen molar-refractivity contribution in [3.63, 3.8) is 0 Å². The third kappa shape index (κ3) is 5.04. The molecule has 17 heavy (non-hydrogen) atoms. The molecule has 0 spiro atoms. The number of carbonyl (C=O) groups is 1. The van der Waals surface area contributed by atoms with E-state index in [9.17, 15) is 9.90 Å². The Balaban J connectivity index is 2.34. The SMILES string of the molecule is CN(C)CC(=O)NCC1(O)CCC(C)(C)CC1. The molecule has 100 valence electrons. The lowest BCUT2D eigenvalue weighted by Crippen LogP contribution is -2.48. The van der Waals surface area contributed by atoms with E-state index in [4.69, 9.17) is 0 Å². The number of likely N-dealkylation sites (N-methyl/N-ethyl adjacent to an activating group) is 1. The zero-order valence-electron chi connectivity index (χ0n) is 11.5. The molecule has 0 unspecified atom stereocenters. The second-order valence-electron chi connectivity index (χ2n) is 6.40. The zero-order chi connectivity index (χ0) is 13.1. The second kappa shape index (κ2) is 5.36. The van der Waals surface area contributed by atoms with E-state index in [1.807, 2.05) is 19.0 Å². The Kier molecular flexibility index (Phi) is 4.55. The normalized spacial score (nSPS) is 22.5. The van der Waals surface area contributed by atoms with Gasteiger partial charge in [-0.3, -0.25) is 4.79 Å². The topological polar surface area (TPSA) is 52.6 Å². The summed E-state index contributed by atoms with van der Waals surface area (Å²) in [6.45, 7) is 5.23. The number of hydrogen-bond acceptors (Lipinski definition) is 3. The first kappa shape index (κ1) is 14.5. The minimum Gasteiger partial charge on any atom is -0.388 e. The largest absolute Gasteiger partial charge is 0.388 e. The maximum Gasteiger partial charge on any atom is 0.234 e. The minimum atomic E-state index is -0.697. The molecule has 4 heteroatoms. The molecule has 0 bridgehead atoms. The standard InChI is InChI=1S/C13H26N2O2/c1-12(2)5-7-13(17,8-6-12)10-14-11(16)9-15(3)4/h17H,5-10H2,1-4H3,(H,14,16). The van der Waals surface area contributed by atoms with Gasteiger partial charge in [0, 0.05) is 6.54 Å². The third-order valence-corrected chi connectivity index (χ3v) is 3.61. The molecular weight excluding hydrogens is 216 g/mol. The van der Waals surface area contributed by atoms with Gasteiger partial charge in [0.25, 0.3) is 0 Å². The number of aliphatic hydroxyl groups is 1. The summed E-state index contributed by atoms with van der Waals surface area (Å²) in [4.78, 5) is 13.3. The molecule has 4 nitrogen and oxygen atoms in total. The van der Waals surface area contributed by atoms with Crippen LogP contribution in [0.2, 0.25) is 0 Å². The molecule has 1 aliphatic carbocycles. The molecule has 0 heterocycles. The Labute approximate surface area is 104 Å². The molecule has 0 aromatic carbocycles. The van der Waals surface area contributed by atoms with Crippen LogP contribution < -0.4 is 5.32 Å². The van der Waals surface area contributed by atoms with Crippen LogP contribution in [0, 0.1) is 5.41 Å². The summed E-state index contributed by atoms with van der Waals surface area (Å²) in [5.74, 6) is -0.0201. The number of carbonyl (C=O) groups excluding carboxylic acids is 1. The Morgan fingerprint density at radius 1 is 1.24 bits per heavy atom. The van der Waals surface area contributed by atoms with E-state index >= 15 is 0 Å². The van der Waals surface area contributed by atoms with Gasteiger partial charge in [0.2, 0.25) is 5.91 Å². The monoisotopic (exact) mass is 242 g/mol. The first-order chi connectivity index (χ1) is 7.72. The van der Waals surface area contributed by atoms with Crippen molar-refractivity contribution < 1.29 is 9.90 Å². The van der Waals surface area contributed by atoms with Crippen LogP contribution >= 0.6 is 0 Å². The summed E-state index contributed by atoms with van der Waals surface area (Å²) in [7, 11) is 3.72. The second-order valence-corrected chi connectivity index (χ2v) is 6.40. The molecule has 1 fully saturated rings. The van der Waals surface area contributed by atoms with Gasteiger partial charge in [0.05, 0.1) is 12.1 Å². The summed E-state index contributed by atoms with van der Waals surface area (Å²) in [6.07, 6.45) is 3.60. The summed E-state index contributed by atoms with van der Waals surface area (Å²) >= 11 is 0. The van der Waals surface area contributed by atoms with Gasteiger partial charge in [-0.1, -0.05) is 13.8 Å². The number of nitrogens with one attached hydrogen (secondary N) is 1. The van der Waals surface area contributed by atoms with Crippen LogP contribution in [-0.4, -0.2) is 48.7 Å². The van der Waals surface area contributed by atoms with Crippen molar-refractivity contribution in [2.75, 3.05) is 27.2 Å². The lowest BCUT2D eigenvalue weighted by Gasteiger charge is -2.40. The summed E-state index contributed by atoms with van der Waals surface area (Å²) < 4.78 is 0. The number of hydrogen-bond donors (Lipinski definition) is 2. The number of amides is 1. The Hall–Kier alpha value is -0.610. The zero-order valence-corrected chi connectivity index (χ0v) is 11.5. The van der Waals surface area contributed by atoms with Crippen LogP contribution in [0.1, 0.15) is 39.5 Å². The van der Waals surface area contributed by atoms with Gasteiger partial charge in [-0.15, -0.1) is 0 Å². The molecule has 0 atom stereocenters. The molecule has 2 N–H and O–H groups in total. The first-order valence-corrected chi connectivity index (χ1v) is 6.36. The molecule has 0 saturated heterocycles. The van der Waals surface area contributed by atoms with Gasteiger partial charge in [0.15, 0.2) is 0 Å². The van der Waals surface area contributed by atoms with Gasteiger partial charge < -0.3 is 15.3 Å². The van der Waals surface area contributed by atoms with Gasteiger partial charge in [-0.25, -0.2) is 0 Å². The van der Waals surface area contributed by atoms with Gasteiger partial charge in [0.1, 0.15) is 0 Å². The molecule has 0 aromatic rings. The fraction of sp³-hybridized carbons (Fsp3) is 0.923. The van der Waals surface area contributed by atoms with Crippen LogP contribution in [0.3, 0.4) is 0 Å². The van der Waals surface area contributed by atoms with Crippen molar-refractivity contribution in [1.29, 1.82) is 0 Å². The van der Waals surface area contributed by atoms with Crippen molar-refractivity contribution in [2.24, 2.45) is 5.41 Å². The molecular formula is C13H26N2O2. The van der Waals surface area contributed by atoms with Crippen LogP contribution in [0.25, 0.3) is 0 Å². The lowest BCUT2D eigenvalue weighted by atomic mass is 9.71. The Bertz CT molecular complexity index is 265. The highest BCUT2D eigenvalue weighted by atomic mass is 16.3. The smallest absolute Gasteiger partial charge is 0.234 e. The summed E-state index contributed by atoms with van der Waals surface area (Å²) in [5, 5.41) is 13.2.